The van der Waals surface area contributed by atoms with E-state index >= 15 is 0 Å². The molecule has 3 N–H and O–H groups in total. The summed E-state index contributed by atoms with van der Waals surface area (Å²) in [6.45, 7) is 2.42. The van der Waals surface area contributed by atoms with E-state index in [0.29, 0.717) is 23.5 Å². The molecule has 0 spiro atoms. The van der Waals surface area contributed by atoms with Gasteiger partial charge in [0, 0.05) is 30.0 Å². The number of nitrogens with zero attached hydrogens (tertiary/aromatic N) is 1. The minimum atomic E-state index is -0.223. The Kier molecular flexibility index (Phi) is 5.39. The van der Waals surface area contributed by atoms with E-state index in [-0.39, 0.29) is 17.9 Å². The first-order valence-corrected chi connectivity index (χ1v) is 9.87. The molecule has 6 nitrogen and oxygen atoms in total. The molecule has 152 valence electrons. The fourth-order valence-corrected chi connectivity index (χ4v) is 3.53. The number of rotatable bonds is 5. The Labute approximate surface area is 175 Å². The van der Waals surface area contributed by atoms with Crippen molar-refractivity contribution in [3.05, 3.63) is 83.9 Å². The Balaban J connectivity index is 1.42. The fraction of sp³-hybridized carbons (Fsp3) is 0.167. The van der Waals surface area contributed by atoms with Crippen LogP contribution in [-0.2, 0) is 4.79 Å². The first-order valence-electron chi connectivity index (χ1n) is 9.87. The molecule has 1 aliphatic heterocycles. The zero-order valence-electron chi connectivity index (χ0n) is 17.0. The van der Waals surface area contributed by atoms with Gasteiger partial charge >= 0.3 is 0 Å². The van der Waals surface area contributed by atoms with Crippen LogP contribution in [-0.4, -0.2) is 25.4 Å². The third-order valence-electron chi connectivity index (χ3n) is 5.15. The number of nitrogens with one attached hydrogen (secondary N) is 3. The van der Waals surface area contributed by atoms with Crippen LogP contribution in [0, 0.1) is 0 Å². The third kappa shape index (κ3) is 4.27. The number of likely N-dealkylation sites (N-methyl/N-ethyl adjacent to an activating group) is 1. The van der Waals surface area contributed by atoms with Crippen LogP contribution in [0.5, 0.6) is 0 Å². The highest BCUT2D eigenvalue weighted by Gasteiger charge is 2.20. The van der Waals surface area contributed by atoms with Crippen molar-refractivity contribution in [2.45, 2.75) is 13.0 Å². The number of anilines is 4. The molecule has 0 fully saturated rings. The molecule has 4 rings (SSSR count). The lowest BCUT2D eigenvalue weighted by Gasteiger charge is -2.27. The van der Waals surface area contributed by atoms with E-state index in [4.69, 9.17) is 0 Å². The van der Waals surface area contributed by atoms with E-state index in [0.717, 1.165) is 11.4 Å². The molecule has 0 saturated heterocycles. The summed E-state index contributed by atoms with van der Waals surface area (Å²) in [5, 5.41) is 9.18. The van der Waals surface area contributed by atoms with E-state index in [2.05, 4.69) is 35.0 Å². The Bertz CT molecular complexity index is 1060. The minimum absolute atomic E-state index is 0.0876. The highest BCUT2D eigenvalue weighted by molar-refractivity contribution is 6.07. The smallest absolute Gasteiger partial charge is 0.255 e. The maximum absolute atomic E-state index is 12.7. The van der Waals surface area contributed by atoms with Crippen molar-refractivity contribution in [2.24, 2.45) is 0 Å². The molecule has 2 amide bonds. The number of hydrogen-bond donors (Lipinski definition) is 3. The lowest BCUT2D eigenvalue weighted by atomic mass is 10.1. The summed E-state index contributed by atoms with van der Waals surface area (Å²) < 4.78 is 0. The topological polar surface area (TPSA) is 73.5 Å². The molecule has 0 saturated carbocycles. The third-order valence-corrected chi connectivity index (χ3v) is 5.15. The normalized spacial score (nSPS) is 13.8. The highest BCUT2D eigenvalue weighted by atomic mass is 16.2. The molecule has 0 aliphatic carbocycles. The molecular weight excluding hydrogens is 376 g/mol. The zero-order valence-corrected chi connectivity index (χ0v) is 17.0. The van der Waals surface area contributed by atoms with Crippen molar-refractivity contribution in [2.75, 3.05) is 34.4 Å². The second-order valence-corrected chi connectivity index (χ2v) is 7.44. The molecule has 6 heteroatoms. The second-order valence-electron chi connectivity index (χ2n) is 7.44. The number of carbonyl (C=O) groups is 2. The summed E-state index contributed by atoms with van der Waals surface area (Å²) in [6.07, 6.45) is 0. The average Bonchev–Trinajstić information content (AvgIpc) is 2.75. The lowest BCUT2D eigenvalue weighted by molar-refractivity contribution is -0.115. The standard InChI is InChI=1S/C24H24N4O2/c1-16(17-6-4-3-5-7-17)25-19-9-11-20(12-10-19)26-24(30)18-8-13-22-21(14-18)27-23(29)15-28(22)2/h3-14,16,25H,15H2,1-2H3,(H,26,30)(H,27,29). The minimum Gasteiger partial charge on any atom is -0.379 e. The van der Waals surface area contributed by atoms with Crippen LogP contribution in [0.25, 0.3) is 0 Å². The summed E-state index contributed by atoms with van der Waals surface area (Å²) in [7, 11) is 1.85. The highest BCUT2D eigenvalue weighted by Crippen LogP contribution is 2.29. The molecule has 1 atom stereocenters. The molecule has 1 heterocycles. The number of amides is 2. The maximum Gasteiger partial charge on any atom is 0.255 e. The molecule has 3 aromatic carbocycles. The van der Waals surface area contributed by atoms with Crippen molar-refractivity contribution in [3.63, 3.8) is 0 Å². The van der Waals surface area contributed by atoms with Crippen LogP contribution >= 0.6 is 0 Å². The molecule has 0 aromatic heterocycles. The zero-order chi connectivity index (χ0) is 21.1. The summed E-state index contributed by atoms with van der Waals surface area (Å²) in [5.41, 5.74) is 4.93. The number of hydrogen-bond acceptors (Lipinski definition) is 4. The largest absolute Gasteiger partial charge is 0.379 e. The van der Waals surface area contributed by atoms with Gasteiger partial charge in [0.1, 0.15) is 0 Å². The maximum atomic E-state index is 12.7. The van der Waals surface area contributed by atoms with E-state index < -0.39 is 0 Å². The van der Waals surface area contributed by atoms with Crippen molar-refractivity contribution in [1.82, 2.24) is 0 Å². The first-order chi connectivity index (χ1) is 14.5. The van der Waals surface area contributed by atoms with Crippen LogP contribution in [0.1, 0.15) is 28.9 Å². The van der Waals surface area contributed by atoms with Crippen LogP contribution in [0.15, 0.2) is 72.8 Å². The van der Waals surface area contributed by atoms with Crippen LogP contribution < -0.4 is 20.9 Å². The monoisotopic (exact) mass is 400 g/mol. The van der Waals surface area contributed by atoms with Crippen molar-refractivity contribution < 1.29 is 9.59 Å². The lowest BCUT2D eigenvalue weighted by Crippen LogP contribution is -2.35. The molecule has 1 aliphatic rings. The quantitative estimate of drug-likeness (QED) is 0.590. The van der Waals surface area contributed by atoms with Gasteiger partial charge in [0.15, 0.2) is 0 Å². The SMILES string of the molecule is CC(Nc1ccc(NC(=O)c2ccc3c(c2)NC(=O)CN3C)cc1)c1ccccc1. The van der Waals surface area contributed by atoms with Crippen LogP contribution in [0.3, 0.4) is 0 Å². The van der Waals surface area contributed by atoms with Gasteiger partial charge in [-0.15, -0.1) is 0 Å². The van der Waals surface area contributed by atoms with E-state index in [1.165, 1.54) is 5.56 Å². The van der Waals surface area contributed by atoms with Crippen LogP contribution in [0.4, 0.5) is 22.7 Å². The Hall–Kier alpha value is -3.80. The van der Waals surface area contributed by atoms with Gasteiger partial charge < -0.3 is 20.9 Å². The molecule has 1 unspecified atom stereocenters. The molecule has 0 radical (unpaired) electrons. The van der Waals surface area contributed by atoms with Gasteiger partial charge in [-0.1, -0.05) is 30.3 Å². The van der Waals surface area contributed by atoms with Crippen molar-refractivity contribution in [3.8, 4) is 0 Å². The first kappa shape index (κ1) is 19.5. The van der Waals surface area contributed by atoms with E-state index in [9.17, 15) is 9.59 Å². The number of carbonyl (C=O) groups excluding carboxylic acids is 2. The van der Waals surface area contributed by atoms with Gasteiger partial charge in [-0.25, -0.2) is 0 Å². The van der Waals surface area contributed by atoms with Gasteiger partial charge in [0.25, 0.3) is 5.91 Å². The van der Waals surface area contributed by atoms with E-state index in [1.807, 2.05) is 60.5 Å². The number of fused-ring (bicyclic) bond motifs is 1. The van der Waals surface area contributed by atoms with Crippen molar-refractivity contribution >= 4 is 34.6 Å². The molecule has 30 heavy (non-hydrogen) atoms. The average molecular weight is 400 g/mol. The molecule has 3 aromatic rings. The Morgan fingerprint density at radius 2 is 1.70 bits per heavy atom. The summed E-state index contributed by atoms with van der Waals surface area (Å²) in [4.78, 5) is 26.3. The summed E-state index contributed by atoms with van der Waals surface area (Å²) in [6, 6.07) is 23.3. The van der Waals surface area contributed by atoms with Gasteiger partial charge in [-0.2, -0.15) is 0 Å². The molecular formula is C24H24N4O2. The van der Waals surface area contributed by atoms with E-state index in [1.54, 1.807) is 12.1 Å². The predicted octanol–water partition coefficient (Wildman–Crippen LogP) is 4.50. The predicted molar refractivity (Wildman–Crippen MR) is 121 cm³/mol. The fourth-order valence-electron chi connectivity index (χ4n) is 3.53. The second kappa shape index (κ2) is 8.29. The molecule has 0 bridgehead atoms. The Morgan fingerprint density at radius 1 is 1.00 bits per heavy atom. The van der Waals surface area contributed by atoms with Crippen molar-refractivity contribution in [1.29, 1.82) is 0 Å². The van der Waals surface area contributed by atoms with Crippen LogP contribution in [0.2, 0.25) is 0 Å². The Morgan fingerprint density at radius 3 is 2.43 bits per heavy atom. The number of benzene rings is 3. The van der Waals surface area contributed by atoms with Gasteiger partial charge in [0.05, 0.1) is 17.9 Å². The summed E-state index contributed by atoms with van der Waals surface area (Å²) >= 11 is 0. The van der Waals surface area contributed by atoms with Gasteiger partial charge in [-0.05, 0) is 55.0 Å². The van der Waals surface area contributed by atoms with Gasteiger partial charge in [0.2, 0.25) is 5.91 Å². The van der Waals surface area contributed by atoms with Gasteiger partial charge in [-0.3, -0.25) is 9.59 Å². The summed E-state index contributed by atoms with van der Waals surface area (Å²) in [5.74, 6) is -0.311.